The Morgan fingerprint density at radius 2 is 1.67 bits per heavy atom. The molecule has 1 rings (SSSR count). The van der Waals surface area contributed by atoms with Crippen LogP contribution in [0.5, 0.6) is 0 Å². The molecule has 4 nitrogen and oxygen atoms in total. The Balaban J connectivity index is 2.53. The standard InChI is InChI=1S/C13H19F3N2O2S/c1-2-5-17-6-3-4-7-21(19,20)18-13-11(15)8-10(14)9-12(13)16/h8-9,17-18H,2-7H2,1H3. The first-order valence-electron chi connectivity index (χ1n) is 6.71. The Morgan fingerprint density at radius 1 is 1.05 bits per heavy atom. The van der Waals surface area contributed by atoms with Crippen LogP contribution >= 0.6 is 0 Å². The van der Waals surface area contributed by atoms with Crippen molar-refractivity contribution >= 4 is 15.7 Å². The molecule has 0 aliphatic carbocycles. The fraction of sp³-hybridized carbons (Fsp3) is 0.538. The lowest BCUT2D eigenvalue weighted by Crippen LogP contribution is -2.21. The van der Waals surface area contributed by atoms with Gasteiger partial charge >= 0.3 is 0 Å². The molecule has 0 fully saturated rings. The molecule has 0 saturated heterocycles. The van der Waals surface area contributed by atoms with E-state index in [4.69, 9.17) is 0 Å². The van der Waals surface area contributed by atoms with E-state index >= 15 is 0 Å². The zero-order valence-corrected chi connectivity index (χ0v) is 12.6. The van der Waals surface area contributed by atoms with E-state index in [0.717, 1.165) is 13.0 Å². The average molecular weight is 324 g/mol. The number of benzene rings is 1. The van der Waals surface area contributed by atoms with Crippen molar-refractivity contribution in [3.05, 3.63) is 29.6 Å². The largest absolute Gasteiger partial charge is 0.317 e. The Kier molecular flexibility index (Phi) is 6.97. The second kappa shape index (κ2) is 8.23. The Labute approximate surface area is 122 Å². The van der Waals surface area contributed by atoms with Gasteiger partial charge in [-0.15, -0.1) is 0 Å². The second-order valence-corrected chi connectivity index (χ2v) is 6.46. The van der Waals surface area contributed by atoms with E-state index < -0.39 is 33.2 Å². The number of halogens is 3. The summed E-state index contributed by atoms with van der Waals surface area (Å²) in [4.78, 5) is 0. The molecule has 0 aromatic heterocycles. The lowest BCUT2D eigenvalue weighted by atomic mass is 10.3. The number of hydrogen-bond acceptors (Lipinski definition) is 3. The molecule has 0 saturated carbocycles. The molecular weight excluding hydrogens is 305 g/mol. The van der Waals surface area contributed by atoms with Crippen molar-refractivity contribution in [3.8, 4) is 0 Å². The summed E-state index contributed by atoms with van der Waals surface area (Å²) in [5, 5.41) is 3.12. The molecule has 120 valence electrons. The quantitative estimate of drug-likeness (QED) is 0.687. The monoisotopic (exact) mass is 324 g/mol. The molecule has 1 aromatic carbocycles. The maximum Gasteiger partial charge on any atom is 0.232 e. The minimum Gasteiger partial charge on any atom is -0.317 e. The molecule has 1 aromatic rings. The van der Waals surface area contributed by atoms with E-state index in [0.29, 0.717) is 31.5 Å². The topological polar surface area (TPSA) is 58.2 Å². The highest BCUT2D eigenvalue weighted by Gasteiger charge is 2.17. The van der Waals surface area contributed by atoms with Crippen LogP contribution in [0.15, 0.2) is 12.1 Å². The van der Waals surface area contributed by atoms with E-state index in [1.807, 2.05) is 11.6 Å². The van der Waals surface area contributed by atoms with E-state index in [-0.39, 0.29) is 5.75 Å². The van der Waals surface area contributed by atoms with Gasteiger partial charge in [-0.3, -0.25) is 4.72 Å². The van der Waals surface area contributed by atoms with Crippen molar-refractivity contribution in [2.24, 2.45) is 0 Å². The summed E-state index contributed by atoms with van der Waals surface area (Å²) in [6, 6.07) is 0.852. The summed E-state index contributed by atoms with van der Waals surface area (Å²) in [6.45, 7) is 3.56. The zero-order valence-electron chi connectivity index (χ0n) is 11.8. The number of rotatable bonds is 9. The van der Waals surface area contributed by atoms with Gasteiger partial charge in [0.2, 0.25) is 10.0 Å². The van der Waals surface area contributed by atoms with Crippen molar-refractivity contribution in [3.63, 3.8) is 0 Å². The number of sulfonamides is 1. The van der Waals surface area contributed by atoms with Gasteiger partial charge in [-0.05, 0) is 32.4 Å². The lowest BCUT2D eigenvalue weighted by molar-refractivity contribution is 0.547. The lowest BCUT2D eigenvalue weighted by Gasteiger charge is -2.10. The van der Waals surface area contributed by atoms with Crippen LogP contribution in [-0.4, -0.2) is 27.3 Å². The van der Waals surface area contributed by atoms with E-state index in [9.17, 15) is 21.6 Å². The first-order valence-corrected chi connectivity index (χ1v) is 8.36. The van der Waals surface area contributed by atoms with Gasteiger partial charge in [0.1, 0.15) is 11.5 Å². The van der Waals surface area contributed by atoms with Gasteiger partial charge in [-0.1, -0.05) is 6.92 Å². The molecule has 0 aliphatic heterocycles. The van der Waals surface area contributed by atoms with E-state index in [1.54, 1.807) is 0 Å². The van der Waals surface area contributed by atoms with Gasteiger partial charge in [0.25, 0.3) is 0 Å². The molecular formula is C13H19F3N2O2S. The summed E-state index contributed by atoms with van der Waals surface area (Å²) >= 11 is 0. The highest BCUT2D eigenvalue weighted by molar-refractivity contribution is 7.92. The number of nitrogens with one attached hydrogen (secondary N) is 2. The third-order valence-corrected chi connectivity index (χ3v) is 4.05. The van der Waals surface area contributed by atoms with Crippen LogP contribution < -0.4 is 10.0 Å². The third-order valence-electron chi connectivity index (χ3n) is 2.71. The zero-order chi connectivity index (χ0) is 15.9. The molecule has 8 heteroatoms. The van der Waals surface area contributed by atoms with Crippen LogP contribution in [0.2, 0.25) is 0 Å². The van der Waals surface area contributed by atoms with Gasteiger partial charge in [0.05, 0.1) is 5.75 Å². The van der Waals surface area contributed by atoms with Crippen LogP contribution in [0.25, 0.3) is 0 Å². The van der Waals surface area contributed by atoms with Crippen LogP contribution in [0.3, 0.4) is 0 Å². The molecule has 0 bridgehead atoms. The Morgan fingerprint density at radius 3 is 2.24 bits per heavy atom. The Hall–Kier alpha value is -1.28. The molecule has 21 heavy (non-hydrogen) atoms. The SMILES string of the molecule is CCCNCCCCS(=O)(=O)Nc1c(F)cc(F)cc1F. The molecule has 0 unspecified atom stereocenters. The minimum absolute atomic E-state index is 0.253. The summed E-state index contributed by atoms with van der Waals surface area (Å²) in [5.41, 5.74) is -0.847. The van der Waals surface area contributed by atoms with Crippen molar-refractivity contribution in [1.29, 1.82) is 0 Å². The number of anilines is 1. The second-order valence-electron chi connectivity index (χ2n) is 4.62. The van der Waals surface area contributed by atoms with E-state index in [1.165, 1.54) is 0 Å². The van der Waals surface area contributed by atoms with Gasteiger partial charge < -0.3 is 5.32 Å². The van der Waals surface area contributed by atoms with Crippen LogP contribution in [0.1, 0.15) is 26.2 Å². The fourth-order valence-electron chi connectivity index (χ4n) is 1.69. The van der Waals surface area contributed by atoms with Crippen molar-refractivity contribution in [1.82, 2.24) is 5.32 Å². The van der Waals surface area contributed by atoms with E-state index in [2.05, 4.69) is 5.32 Å². The molecule has 0 spiro atoms. The maximum atomic E-state index is 13.4. The summed E-state index contributed by atoms with van der Waals surface area (Å²) < 4.78 is 64.7. The van der Waals surface area contributed by atoms with Crippen molar-refractivity contribution < 1.29 is 21.6 Å². The molecule has 0 atom stereocenters. The predicted molar refractivity (Wildman–Crippen MR) is 76.1 cm³/mol. The minimum atomic E-state index is -3.87. The van der Waals surface area contributed by atoms with Gasteiger partial charge in [-0.25, -0.2) is 21.6 Å². The summed E-state index contributed by atoms with van der Waals surface area (Å²) in [5.74, 6) is -3.91. The first-order chi connectivity index (χ1) is 9.85. The van der Waals surface area contributed by atoms with Gasteiger partial charge in [0, 0.05) is 12.1 Å². The molecule has 0 amide bonds. The van der Waals surface area contributed by atoms with Gasteiger partial charge in [-0.2, -0.15) is 0 Å². The third kappa shape index (κ3) is 6.34. The van der Waals surface area contributed by atoms with Crippen LogP contribution in [-0.2, 0) is 10.0 Å². The molecule has 0 aliphatic rings. The van der Waals surface area contributed by atoms with Gasteiger partial charge in [0.15, 0.2) is 11.6 Å². The summed E-state index contributed by atoms with van der Waals surface area (Å²) in [6.07, 6.45) is 1.98. The number of hydrogen-bond donors (Lipinski definition) is 2. The fourth-order valence-corrected chi connectivity index (χ4v) is 2.88. The Bertz CT molecular complexity index is 542. The molecule has 0 radical (unpaired) electrons. The van der Waals surface area contributed by atoms with Crippen LogP contribution in [0, 0.1) is 17.5 Å². The highest BCUT2D eigenvalue weighted by atomic mass is 32.2. The van der Waals surface area contributed by atoms with Crippen molar-refractivity contribution in [2.75, 3.05) is 23.6 Å². The smallest absolute Gasteiger partial charge is 0.232 e. The average Bonchev–Trinajstić information content (AvgIpc) is 2.38. The summed E-state index contributed by atoms with van der Waals surface area (Å²) in [7, 11) is -3.87. The first kappa shape index (κ1) is 17.8. The molecule has 0 heterocycles. The predicted octanol–water partition coefficient (Wildman–Crippen LogP) is 2.63. The highest BCUT2D eigenvalue weighted by Crippen LogP contribution is 2.21. The maximum absolute atomic E-state index is 13.4. The van der Waals surface area contributed by atoms with Crippen LogP contribution in [0.4, 0.5) is 18.9 Å². The number of unbranched alkanes of at least 4 members (excludes halogenated alkanes) is 1. The molecule has 2 N–H and O–H groups in total. The van der Waals surface area contributed by atoms with Crippen molar-refractivity contribution in [2.45, 2.75) is 26.2 Å². The normalized spacial score (nSPS) is 11.6.